The second-order valence-corrected chi connectivity index (χ2v) is 5.30. The Morgan fingerprint density at radius 1 is 1.00 bits per heavy atom. The van der Waals surface area contributed by atoms with Crippen LogP contribution in [0.15, 0.2) is 36.4 Å². The van der Waals surface area contributed by atoms with Gasteiger partial charge in [0.05, 0.1) is 0 Å². The van der Waals surface area contributed by atoms with E-state index in [2.05, 4.69) is 12.2 Å². The third kappa shape index (κ3) is 4.12. The molecule has 0 heterocycles. The van der Waals surface area contributed by atoms with E-state index in [0.29, 0.717) is 6.61 Å². The summed E-state index contributed by atoms with van der Waals surface area (Å²) >= 11 is 6.19. The van der Waals surface area contributed by atoms with Crippen LogP contribution in [-0.4, -0.2) is 19.7 Å². The summed E-state index contributed by atoms with van der Waals surface area (Å²) in [7, 11) is 0. The number of halogens is 1. The van der Waals surface area contributed by atoms with Gasteiger partial charge < -0.3 is 10.1 Å². The van der Waals surface area contributed by atoms with Crippen LogP contribution in [0, 0.1) is 0 Å². The molecule has 2 nitrogen and oxygen atoms in total. The lowest BCUT2D eigenvalue weighted by Gasteiger charge is -2.11. The first-order valence-corrected chi connectivity index (χ1v) is 7.71. The molecular formula is C17H22ClNO. The second-order valence-electron chi connectivity index (χ2n) is 4.90. The molecule has 20 heavy (non-hydrogen) atoms. The van der Waals surface area contributed by atoms with Gasteiger partial charge in [-0.2, -0.15) is 0 Å². The molecule has 1 N–H and O–H groups in total. The molecular weight excluding hydrogens is 270 g/mol. The Bertz CT molecular complexity index is 542. The zero-order valence-electron chi connectivity index (χ0n) is 12.0. The third-order valence-electron chi connectivity index (χ3n) is 3.32. The van der Waals surface area contributed by atoms with Gasteiger partial charge in [0.25, 0.3) is 0 Å². The van der Waals surface area contributed by atoms with E-state index in [1.165, 1.54) is 19.3 Å². The molecule has 2 aromatic rings. The van der Waals surface area contributed by atoms with Crippen LogP contribution in [-0.2, 0) is 0 Å². The molecule has 0 aliphatic carbocycles. The molecule has 2 rings (SSSR count). The fourth-order valence-electron chi connectivity index (χ4n) is 2.22. The summed E-state index contributed by atoms with van der Waals surface area (Å²) in [5, 5.41) is 6.29. The summed E-state index contributed by atoms with van der Waals surface area (Å²) in [6.45, 7) is 4.84. The lowest BCUT2D eigenvalue weighted by molar-refractivity contribution is 0.317. The molecule has 3 heteroatoms. The van der Waals surface area contributed by atoms with Crippen molar-refractivity contribution in [3.8, 4) is 5.75 Å². The largest absolute Gasteiger partial charge is 0.492 e. The number of benzene rings is 2. The summed E-state index contributed by atoms with van der Waals surface area (Å²) in [5.74, 6) is 0.903. The summed E-state index contributed by atoms with van der Waals surface area (Å²) in [6.07, 6.45) is 3.78. The quantitative estimate of drug-likeness (QED) is 0.715. The van der Waals surface area contributed by atoms with Crippen molar-refractivity contribution in [2.75, 3.05) is 19.7 Å². The monoisotopic (exact) mass is 291 g/mol. The minimum atomic E-state index is 0.678. The minimum Gasteiger partial charge on any atom is -0.492 e. The summed E-state index contributed by atoms with van der Waals surface area (Å²) in [6, 6.07) is 11.9. The fourth-order valence-corrected chi connectivity index (χ4v) is 2.45. The van der Waals surface area contributed by atoms with Crippen LogP contribution < -0.4 is 10.1 Å². The van der Waals surface area contributed by atoms with E-state index in [-0.39, 0.29) is 0 Å². The molecule has 0 unspecified atom stereocenters. The summed E-state index contributed by atoms with van der Waals surface area (Å²) in [5.41, 5.74) is 0. The van der Waals surface area contributed by atoms with E-state index in [4.69, 9.17) is 16.3 Å². The molecule has 2 aromatic carbocycles. The van der Waals surface area contributed by atoms with Crippen LogP contribution in [0.5, 0.6) is 5.75 Å². The molecule has 0 aliphatic rings. The predicted octanol–water partition coefficient (Wildman–Crippen LogP) is 4.65. The predicted molar refractivity (Wildman–Crippen MR) is 86.8 cm³/mol. The molecule has 0 saturated heterocycles. The summed E-state index contributed by atoms with van der Waals surface area (Å²) in [4.78, 5) is 0. The lowest BCUT2D eigenvalue weighted by atomic mass is 10.1. The Kier molecular flexibility index (Phi) is 6.16. The molecule has 0 saturated carbocycles. The van der Waals surface area contributed by atoms with Gasteiger partial charge in [0.2, 0.25) is 0 Å². The van der Waals surface area contributed by atoms with Crippen molar-refractivity contribution >= 4 is 22.4 Å². The Morgan fingerprint density at radius 2 is 1.80 bits per heavy atom. The van der Waals surface area contributed by atoms with Crippen molar-refractivity contribution in [3.63, 3.8) is 0 Å². The number of hydrogen-bond donors (Lipinski definition) is 1. The SMILES string of the molecule is CCCCCNCCOc1ccc(Cl)c2ccccc12. The molecule has 0 bridgehead atoms. The normalized spacial score (nSPS) is 10.9. The van der Waals surface area contributed by atoms with E-state index in [1.807, 2.05) is 36.4 Å². The third-order valence-corrected chi connectivity index (χ3v) is 3.65. The zero-order chi connectivity index (χ0) is 14.2. The number of hydrogen-bond acceptors (Lipinski definition) is 2. The standard InChI is InChI=1S/C17H22ClNO/c1-2-3-6-11-19-12-13-20-17-10-9-16(18)14-7-4-5-8-15(14)17/h4-5,7-10,19H,2-3,6,11-13H2,1H3. The number of fused-ring (bicyclic) bond motifs is 1. The average molecular weight is 292 g/mol. The van der Waals surface area contributed by atoms with E-state index < -0.39 is 0 Å². The molecule has 0 aliphatic heterocycles. The van der Waals surface area contributed by atoms with Gasteiger partial charge in [-0.3, -0.25) is 0 Å². The number of ether oxygens (including phenoxy) is 1. The number of nitrogens with one attached hydrogen (secondary N) is 1. The first-order chi connectivity index (χ1) is 9.83. The number of rotatable bonds is 8. The van der Waals surface area contributed by atoms with Crippen LogP contribution in [0.4, 0.5) is 0 Å². The van der Waals surface area contributed by atoms with Gasteiger partial charge >= 0.3 is 0 Å². The molecule has 0 amide bonds. The Balaban J connectivity index is 1.86. The van der Waals surface area contributed by atoms with Crippen LogP contribution in [0.25, 0.3) is 10.8 Å². The Hall–Kier alpha value is -1.25. The Morgan fingerprint density at radius 3 is 2.60 bits per heavy atom. The van der Waals surface area contributed by atoms with Crippen molar-refractivity contribution in [1.82, 2.24) is 5.32 Å². The Labute approximate surface area is 126 Å². The minimum absolute atomic E-state index is 0.678. The highest BCUT2D eigenvalue weighted by atomic mass is 35.5. The lowest BCUT2D eigenvalue weighted by Crippen LogP contribution is -2.22. The highest BCUT2D eigenvalue weighted by Gasteiger charge is 2.04. The van der Waals surface area contributed by atoms with E-state index in [9.17, 15) is 0 Å². The van der Waals surface area contributed by atoms with Crippen molar-refractivity contribution < 1.29 is 4.74 Å². The molecule has 0 spiro atoms. The van der Waals surface area contributed by atoms with Crippen LogP contribution in [0.1, 0.15) is 26.2 Å². The van der Waals surface area contributed by atoms with Crippen molar-refractivity contribution in [2.45, 2.75) is 26.2 Å². The maximum Gasteiger partial charge on any atom is 0.127 e. The van der Waals surface area contributed by atoms with Gasteiger partial charge in [0, 0.05) is 22.3 Å². The second kappa shape index (κ2) is 8.13. The molecule has 0 aromatic heterocycles. The first-order valence-electron chi connectivity index (χ1n) is 7.33. The van der Waals surface area contributed by atoms with Gasteiger partial charge in [-0.25, -0.2) is 0 Å². The van der Waals surface area contributed by atoms with Gasteiger partial charge in [0.15, 0.2) is 0 Å². The highest BCUT2D eigenvalue weighted by molar-refractivity contribution is 6.35. The maximum absolute atomic E-state index is 6.19. The number of unbranched alkanes of at least 4 members (excludes halogenated alkanes) is 2. The van der Waals surface area contributed by atoms with Gasteiger partial charge in [0.1, 0.15) is 12.4 Å². The highest BCUT2D eigenvalue weighted by Crippen LogP contribution is 2.31. The van der Waals surface area contributed by atoms with Crippen LogP contribution in [0.3, 0.4) is 0 Å². The molecule has 0 radical (unpaired) electrons. The zero-order valence-corrected chi connectivity index (χ0v) is 12.7. The molecule has 108 valence electrons. The van der Waals surface area contributed by atoms with Gasteiger partial charge in [-0.15, -0.1) is 0 Å². The summed E-state index contributed by atoms with van der Waals surface area (Å²) < 4.78 is 5.86. The van der Waals surface area contributed by atoms with E-state index in [1.54, 1.807) is 0 Å². The fraction of sp³-hybridized carbons (Fsp3) is 0.412. The smallest absolute Gasteiger partial charge is 0.127 e. The molecule has 0 atom stereocenters. The average Bonchev–Trinajstić information content (AvgIpc) is 2.49. The van der Waals surface area contributed by atoms with Crippen LogP contribution in [0.2, 0.25) is 5.02 Å². The van der Waals surface area contributed by atoms with Crippen molar-refractivity contribution in [1.29, 1.82) is 0 Å². The van der Waals surface area contributed by atoms with E-state index in [0.717, 1.165) is 34.6 Å². The molecule has 0 fully saturated rings. The van der Waals surface area contributed by atoms with Crippen molar-refractivity contribution in [2.24, 2.45) is 0 Å². The van der Waals surface area contributed by atoms with E-state index >= 15 is 0 Å². The van der Waals surface area contributed by atoms with Crippen LogP contribution >= 0.6 is 11.6 Å². The maximum atomic E-state index is 6.19. The van der Waals surface area contributed by atoms with Gasteiger partial charge in [-0.1, -0.05) is 55.6 Å². The topological polar surface area (TPSA) is 21.3 Å². The van der Waals surface area contributed by atoms with Crippen molar-refractivity contribution in [3.05, 3.63) is 41.4 Å². The van der Waals surface area contributed by atoms with Gasteiger partial charge in [-0.05, 0) is 25.1 Å². The first kappa shape index (κ1) is 15.1.